The normalized spacial score (nSPS) is 18.7. The minimum Gasteiger partial charge on any atom is -0.477 e. The van der Waals surface area contributed by atoms with Gasteiger partial charge >= 0.3 is 5.97 Å². The number of carboxylic acids is 1. The molecule has 0 bridgehead atoms. The van der Waals surface area contributed by atoms with E-state index in [1.807, 2.05) is 0 Å². The third-order valence-corrected chi connectivity index (χ3v) is 4.07. The molecule has 5 nitrogen and oxygen atoms in total. The average molecular weight is 278 g/mol. The largest absolute Gasteiger partial charge is 0.477 e. The Bertz CT molecular complexity index is 495. The van der Waals surface area contributed by atoms with Gasteiger partial charge in [-0.3, -0.25) is 4.79 Å². The molecule has 0 unspecified atom stereocenters. The summed E-state index contributed by atoms with van der Waals surface area (Å²) < 4.78 is 1.46. The molecule has 1 aromatic rings. The van der Waals surface area contributed by atoms with E-state index in [0.29, 0.717) is 5.41 Å². The van der Waals surface area contributed by atoms with Crippen molar-refractivity contribution in [2.45, 2.75) is 52.1 Å². The summed E-state index contributed by atoms with van der Waals surface area (Å²) in [7, 11) is 0. The first-order valence-electron chi connectivity index (χ1n) is 7.05. The SMILES string of the molecule is CC1(C)CCC(NC(=O)Cn2cccc2C(=O)O)CC1. The molecule has 1 aliphatic rings. The number of carbonyl (C=O) groups excluding carboxylic acids is 1. The lowest BCUT2D eigenvalue weighted by Crippen LogP contribution is -2.40. The monoisotopic (exact) mass is 278 g/mol. The highest BCUT2D eigenvalue weighted by molar-refractivity contribution is 5.86. The van der Waals surface area contributed by atoms with Crippen LogP contribution in [0.2, 0.25) is 0 Å². The van der Waals surface area contributed by atoms with Gasteiger partial charge in [-0.25, -0.2) is 4.79 Å². The fourth-order valence-corrected chi connectivity index (χ4v) is 2.72. The number of carboxylic acid groups (broad SMARTS) is 1. The predicted octanol–water partition coefficient (Wildman–Crippen LogP) is 2.27. The predicted molar refractivity (Wildman–Crippen MR) is 75.6 cm³/mol. The van der Waals surface area contributed by atoms with Crippen molar-refractivity contribution in [1.29, 1.82) is 0 Å². The molecule has 5 heteroatoms. The summed E-state index contributed by atoms with van der Waals surface area (Å²) in [6, 6.07) is 3.36. The van der Waals surface area contributed by atoms with Crippen LogP contribution in [0.4, 0.5) is 0 Å². The van der Waals surface area contributed by atoms with Gasteiger partial charge in [0.15, 0.2) is 0 Å². The molecule has 1 saturated carbocycles. The highest BCUT2D eigenvalue weighted by Crippen LogP contribution is 2.34. The van der Waals surface area contributed by atoms with E-state index < -0.39 is 5.97 Å². The zero-order valence-electron chi connectivity index (χ0n) is 12.1. The van der Waals surface area contributed by atoms with Crippen LogP contribution in [0, 0.1) is 5.41 Å². The Morgan fingerprint density at radius 2 is 2.05 bits per heavy atom. The molecule has 1 aromatic heterocycles. The zero-order chi connectivity index (χ0) is 14.8. The topological polar surface area (TPSA) is 71.3 Å². The maximum Gasteiger partial charge on any atom is 0.352 e. The molecular formula is C15H22N2O3. The van der Waals surface area contributed by atoms with Gasteiger partial charge in [0.1, 0.15) is 12.2 Å². The van der Waals surface area contributed by atoms with Crippen LogP contribution in [0.15, 0.2) is 18.3 Å². The minimum absolute atomic E-state index is 0.0640. The third-order valence-electron chi connectivity index (χ3n) is 4.07. The number of hydrogen-bond acceptors (Lipinski definition) is 2. The van der Waals surface area contributed by atoms with Gasteiger partial charge in [-0.05, 0) is 43.2 Å². The quantitative estimate of drug-likeness (QED) is 0.887. The van der Waals surface area contributed by atoms with Crippen LogP contribution in [-0.4, -0.2) is 27.6 Å². The van der Waals surface area contributed by atoms with Crippen molar-refractivity contribution in [3.8, 4) is 0 Å². The first-order valence-corrected chi connectivity index (χ1v) is 7.05. The number of nitrogens with zero attached hydrogens (tertiary/aromatic N) is 1. The average Bonchev–Trinajstić information content (AvgIpc) is 2.80. The molecule has 1 fully saturated rings. The molecule has 0 saturated heterocycles. The fraction of sp³-hybridized carbons (Fsp3) is 0.600. The molecule has 20 heavy (non-hydrogen) atoms. The van der Waals surface area contributed by atoms with Crippen molar-refractivity contribution in [1.82, 2.24) is 9.88 Å². The number of nitrogens with one attached hydrogen (secondary N) is 1. The zero-order valence-corrected chi connectivity index (χ0v) is 12.1. The van der Waals surface area contributed by atoms with Crippen LogP contribution in [0.1, 0.15) is 50.0 Å². The molecule has 2 rings (SSSR count). The Labute approximate surface area is 119 Å². The molecule has 1 heterocycles. The van der Waals surface area contributed by atoms with Crippen molar-refractivity contribution >= 4 is 11.9 Å². The lowest BCUT2D eigenvalue weighted by atomic mass is 9.75. The second kappa shape index (κ2) is 5.69. The second-order valence-corrected chi connectivity index (χ2v) is 6.33. The van der Waals surface area contributed by atoms with Crippen molar-refractivity contribution < 1.29 is 14.7 Å². The van der Waals surface area contributed by atoms with Crippen LogP contribution in [0.3, 0.4) is 0 Å². The molecule has 110 valence electrons. The van der Waals surface area contributed by atoms with Crippen molar-refractivity contribution in [2.75, 3.05) is 0 Å². The Kier molecular flexibility index (Phi) is 4.16. The molecule has 2 N–H and O–H groups in total. The van der Waals surface area contributed by atoms with E-state index in [1.165, 1.54) is 10.6 Å². The van der Waals surface area contributed by atoms with E-state index in [0.717, 1.165) is 25.7 Å². The van der Waals surface area contributed by atoms with Gasteiger partial charge in [-0.15, -0.1) is 0 Å². The molecular weight excluding hydrogens is 256 g/mol. The van der Waals surface area contributed by atoms with Gasteiger partial charge in [0.05, 0.1) is 0 Å². The molecule has 0 atom stereocenters. The van der Waals surface area contributed by atoms with Gasteiger partial charge in [0.25, 0.3) is 0 Å². The lowest BCUT2D eigenvalue weighted by Gasteiger charge is -2.34. The summed E-state index contributed by atoms with van der Waals surface area (Å²) >= 11 is 0. The van der Waals surface area contributed by atoms with Gasteiger partial charge in [0, 0.05) is 12.2 Å². The summed E-state index contributed by atoms with van der Waals surface area (Å²) in [5, 5.41) is 12.0. The van der Waals surface area contributed by atoms with Gasteiger partial charge < -0.3 is 15.0 Å². The van der Waals surface area contributed by atoms with E-state index in [2.05, 4.69) is 19.2 Å². The summed E-state index contributed by atoms with van der Waals surface area (Å²) in [4.78, 5) is 23.0. The maximum atomic E-state index is 12.0. The number of rotatable bonds is 4. The number of aromatic carboxylic acids is 1. The minimum atomic E-state index is -1.01. The van der Waals surface area contributed by atoms with E-state index in [-0.39, 0.29) is 24.2 Å². The van der Waals surface area contributed by atoms with E-state index in [4.69, 9.17) is 5.11 Å². The highest BCUT2D eigenvalue weighted by atomic mass is 16.4. The Morgan fingerprint density at radius 1 is 1.40 bits per heavy atom. The van der Waals surface area contributed by atoms with Crippen LogP contribution in [0.5, 0.6) is 0 Å². The fourth-order valence-electron chi connectivity index (χ4n) is 2.72. The molecule has 1 aliphatic carbocycles. The number of amides is 1. The Hall–Kier alpha value is -1.78. The standard InChI is InChI=1S/C15H22N2O3/c1-15(2)7-5-11(6-8-15)16-13(18)10-17-9-3-4-12(17)14(19)20/h3-4,9,11H,5-8,10H2,1-2H3,(H,16,18)(H,19,20). The highest BCUT2D eigenvalue weighted by Gasteiger charge is 2.27. The maximum absolute atomic E-state index is 12.0. The summed E-state index contributed by atoms with van der Waals surface area (Å²) in [6.07, 6.45) is 5.84. The van der Waals surface area contributed by atoms with Crippen LogP contribution < -0.4 is 5.32 Å². The molecule has 0 aliphatic heterocycles. The van der Waals surface area contributed by atoms with E-state index in [1.54, 1.807) is 12.3 Å². The van der Waals surface area contributed by atoms with E-state index in [9.17, 15) is 9.59 Å². The summed E-state index contributed by atoms with van der Waals surface area (Å²) in [6.45, 7) is 4.57. The Morgan fingerprint density at radius 3 is 2.65 bits per heavy atom. The first kappa shape index (κ1) is 14.6. The lowest BCUT2D eigenvalue weighted by molar-refractivity contribution is -0.122. The van der Waals surface area contributed by atoms with Crippen molar-refractivity contribution in [2.24, 2.45) is 5.41 Å². The van der Waals surface area contributed by atoms with Crippen LogP contribution in [0.25, 0.3) is 0 Å². The van der Waals surface area contributed by atoms with Crippen LogP contribution >= 0.6 is 0 Å². The number of hydrogen-bond donors (Lipinski definition) is 2. The van der Waals surface area contributed by atoms with Gasteiger partial charge in [-0.2, -0.15) is 0 Å². The summed E-state index contributed by atoms with van der Waals surface area (Å²) in [5.41, 5.74) is 0.517. The smallest absolute Gasteiger partial charge is 0.352 e. The van der Waals surface area contributed by atoms with Crippen LogP contribution in [-0.2, 0) is 11.3 Å². The molecule has 0 aromatic carbocycles. The third kappa shape index (κ3) is 3.62. The van der Waals surface area contributed by atoms with E-state index >= 15 is 0 Å². The number of aromatic nitrogens is 1. The number of carbonyl (C=O) groups is 2. The molecule has 0 spiro atoms. The first-order chi connectivity index (χ1) is 9.37. The van der Waals surface area contributed by atoms with Gasteiger partial charge in [0.2, 0.25) is 5.91 Å². The summed E-state index contributed by atoms with van der Waals surface area (Å²) in [5.74, 6) is -1.13. The second-order valence-electron chi connectivity index (χ2n) is 6.33. The van der Waals surface area contributed by atoms with Crippen molar-refractivity contribution in [3.63, 3.8) is 0 Å². The van der Waals surface area contributed by atoms with Crippen molar-refractivity contribution in [3.05, 3.63) is 24.0 Å². The molecule has 1 amide bonds. The van der Waals surface area contributed by atoms with Gasteiger partial charge in [-0.1, -0.05) is 13.8 Å². The molecule has 0 radical (unpaired) electrons. The Balaban J connectivity index is 1.87.